The highest BCUT2D eigenvalue weighted by Crippen LogP contribution is 2.51. The van der Waals surface area contributed by atoms with Crippen LogP contribution >= 0.6 is 0 Å². The minimum atomic E-state index is 0.110. The van der Waals surface area contributed by atoms with Gasteiger partial charge in [-0.25, -0.2) is 0 Å². The molecule has 0 saturated carbocycles. The molecule has 18 aromatic rings. The van der Waals surface area contributed by atoms with Gasteiger partial charge in [0.1, 0.15) is 0 Å². The molecule has 546 valence electrons. The minimum absolute atomic E-state index is 0.110. The molecule has 9 heteroatoms. The largest absolute Gasteiger partial charge is 0.376 e. The molecule has 0 N–H and O–H groups in total. The van der Waals surface area contributed by atoms with E-state index in [1.807, 2.05) is 37.9 Å². The Balaban J connectivity index is 0.000000106. The number of pyridine rings is 3. The molecule has 0 atom stereocenters. The summed E-state index contributed by atoms with van der Waals surface area (Å²) < 4.78 is 0. The van der Waals surface area contributed by atoms with Gasteiger partial charge in [0.25, 0.3) is 0 Å². The second-order valence-corrected chi connectivity index (χ2v) is 31.4. The van der Waals surface area contributed by atoms with Gasteiger partial charge in [-0.3, -0.25) is 15.0 Å². The fraction of sp³-hybridized carbons (Fsp3) is 0.0278. The lowest BCUT2D eigenvalue weighted by molar-refractivity contribution is 1.20. The van der Waals surface area contributed by atoms with Crippen LogP contribution in [0.3, 0.4) is 0 Å². The molecule has 6 aliphatic rings. The number of anilines is 6. The third kappa shape index (κ3) is 11.7. The van der Waals surface area contributed by atoms with Crippen molar-refractivity contribution < 1.29 is 0 Å². The number of hydrogen-bond donors (Lipinski definition) is 0. The highest BCUT2D eigenvalue weighted by atomic mass is 15.1. The van der Waals surface area contributed by atoms with Crippen LogP contribution in [0.15, 0.2) is 401 Å². The average Bonchev–Trinajstić information content (AvgIpc) is 0.718. The molecule has 0 bridgehead atoms. The molecular weight excluding hydrogens is 1410 g/mol. The van der Waals surface area contributed by atoms with Crippen molar-refractivity contribution in [1.29, 1.82) is 0 Å². The fourth-order valence-electron chi connectivity index (χ4n) is 19.4. The summed E-state index contributed by atoms with van der Waals surface area (Å²) in [4.78, 5) is 20.7. The summed E-state index contributed by atoms with van der Waals surface area (Å²) in [6.07, 6.45) is 9.52. The Morgan fingerprint density at radius 3 is 0.821 bits per heavy atom. The second-order valence-electron chi connectivity index (χ2n) is 31.4. The lowest BCUT2D eigenvalue weighted by Crippen LogP contribution is -2.59. The number of fused-ring (bicyclic) bond motifs is 33. The van der Waals surface area contributed by atoms with Gasteiger partial charge in [-0.15, -0.1) is 0 Å². The summed E-state index contributed by atoms with van der Waals surface area (Å²) in [5.74, 6) is 0. The molecule has 0 radical (unpaired) electrons. The maximum atomic E-state index is 4.38. The molecule has 0 unspecified atom stereocenters. The Morgan fingerprint density at radius 2 is 0.487 bits per heavy atom. The van der Waals surface area contributed by atoms with Crippen molar-refractivity contribution in [3.8, 4) is 134 Å². The van der Waals surface area contributed by atoms with Crippen LogP contribution in [0.25, 0.3) is 134 Å². The molecular formula is C108H75B3N6. The topological polar surface area (TPSA) is 48.4 Å². The van der Waals surface area contributed by atoms with Gasteiger partial charge in [0.15, 0.2) is 0 Å². The summed E-state index contributed by atoms with van der Waals surface area (Å²) in [6.45, 7) is 6.59. The van der Waals surface area contributed by atoms with Gasteiger partial charge in [-0.2, -0.15) is 0 Å². The first kappa shape index (κ1) is 69.1. The van der Waals surface area contributed by atoms with Crippen molar-refractivity contribution in [3.63, 3.8) is 0 Å². The lowest BCUT2D eigenvalue weighted by Gasteiger charge is -2.43. The number of para-hydroxylation sites is 6. The number of aromatic nitrogens is 3. The molecule has 0 saturated heterocycles. The summed E-state index contributed by atoms with van der Waals surface area (Å²) in [5, 5.41) is 0. The SMILES string of the molecule is Cc1cc(-c2ccc(-c3ccc4c(c3)B3c5ccccc5-c5ccccc5N3c3ccccc3-4)cc2)ccn1.Cc1ccncc1-c1ccc(-c2ccc3c(c2)B2c4ccccc4-c4ccccc4N2c2ccccc2-3)cc1.Cc1cncc(-c2ccc(-c3ccc4c(c3)B3c5ccccc5-c5ccccc5N3c3ccccc3-4)cc2)c1. The summed E-state index contributed by atoms with van der Waals surface area (Å²) in [7, 11) is 0. The van der Waals surface area contributed by atoms with Gasteiger partial charge in [-0.05, 0) is 214 Å². The zero-order valence-corrected chi connectivity index (χ0v) is 65.0. The smallest absolute Gasteiger partial charge is 0.329 e. The molecule has 0 fully saturated rings. The first-order valence-electron chi connectivity index (χ1n) is 40.5. The molecule has 15 aromatic carbocycles. The Kier molecular flexibility index (Phi) is 16.8. The quantitative estimate of drug-likeness (QED) is 0.155. The van der Waals surface area contributed by atoms with E-state index in [0.717, 1.165) is 11.3 Å². The molecule has 9 heterocycles. The molecule has 0 spiro atoms. The van der Waals surface area contributed by atoms with E-state index < -0.39 is 0 Å². The molecule has 117 heavy (non-hydrogen) atoms. The predicted molar refractivity (Wildman–Crippen MR) is 493 cm³/mol. The van der Waals surface area contributed by atoms with Crippen LogP contribution in [0, 0.1) is 20.8 Å². The monoisotopic (exact) mass is 1490 g/mol. The average molecular weight is 1490 g/mol. The number of hydrogen-bond acceptors (Lipinski definition) is 6. The van der Waals surface area contributed by atoms with Crippen LogP contribution in [0.1, 0.15) is 16.8 Å². The van der Waals surface area contributed by atoms with Crippen LogP contribution in [-0.4, -0.2) is 35.5 Å². The molecule has 0 amide bonds. The summed E-state index contributed by atoms with van der Waals surface area (Å²) in [6, 6.07) is 136. The normalized spacial score (nSPS) is 12.6. The van der Waals surface area contributed by atoms with E-state index in [0.29, 0.717) is 0 Å². The predicted octanol–water partition coefficient (Wildman–Crippen LogP) is 22.9. The number of aryl methyl sites for hydroxylation is 3. The zero-order valence-electron chi connectivity index (χ0n) is 65.0. The van der Waals surface area contributed by atoms with E-state index >= 15 is 0 Å². The van der Waals surface area contributed by atoms with Gasteiger partial charge in [0.2, 0.25) is 0 Å². The van der Waals surface area contributed by atoms with Crippen LogP contribution in [-0.2, 0) is 0 Å². The van der Waals surface area contributed by atoms with E-state index in [-0.39, 0.29) is 20.5 Å². The highest BCUT2D eigenvalue weighted by Gasteiger charge is 2.46. The number of rotatable bonds is 6. The highest BCUT2D eigenvalue weighted by molar-refractivity contribution is 6.94. The standard InChI is InChI=1S/3C36H25BN2/c1-24-20-28(23-38-22-24)26-16-14-25(15-17-26)27-18-19-30-32-10-4-7-13-36(32)39-35-12-6-3-9-31(35)29-8-2-5-11-33(29)37(39)34(30)21-27;1-24-22-28(20-21-38-24)26-16-14-25(15-17-26)27-18-19-30-32-10-4-7-13-36(32)39-35-12-6-3-9-31(35)29-8-2-5-11-33(29)37(39)34(30)23-27;1-24-20-21-38-23-32(24)26-16-14-25(15-17-26)27-18-19-29-31-10-4-7-13-36(31)39-35-12-6-3-9-30(35)28-8-2-5-11-33(28)37(39)34(29)22-27/h3*2-23H,1H3. The molecule has 3 aromatic heterocycles. The van der Waals surface area contributed by atoms with Gasteiger partial charge in [0, 0.05) is 115 Å². The summed E-state index contributed by atoms with van der Waals surface area (Å²) in [5.41, 5.74) is 49.3. The lowest BCUT2D eigenvalue weighted by atomic mass is 9.43. The van der Waals surface area contributed by atoms with Gasteiger partial charge in [-0.1, -0.05) is 309 Å². The van der Waals surface area contributed by atoms with Crippen molar-refractivity contribution in [2.45, 2.75) is 20.8 Å². The fourth-order valence-corrected chi connectivity index (χ4v) is 19.4. The zero-order chi connectivity index (χ0) is 77.8. The third-order valence-corrected chi connectivity index (χ3v) is 24.7. The van der Waals surface area contributed by atoms with Crippen molar-refractivity contribution in [1.82, 2.24) is 15.0 Å². The van der Waals surface area contributed by atoms with E-state index in [1.165, 1.54) is 206 Å². The Labute approximate surface area is 684 Å². The van der Waals surface area contributed by atoms with Gasteiger partial charge in [0.05, 0.1) is 0 Å². The molecule has 24 rings (SSSR count). The second kappa shape index (κ2) is 28.5. The Bertz CT molecular complexity index is 6720. The Morgan fingerprint density at radius 1 is 0.197 bits per heavy atom. The van der Waals surface area contributed by atoms with Crippen LogP contribution in [0.2, 0.25) is 0 Å². The van der Waals surface area contributed by atoms with E-state index in [9.17, 15) is 0 Å². The van der Waals surface area contributed by atoms with Gasteiger partial charge >= 0.3 is 20.5 Å². The van der Waals surface area contributed by atoms with Crippen LogP contribution < -0.4 is 47.2 Å². The maximum Gasteiger partial charge on any atom is 0.329 e. The maximum absolute atomic E-state index is 4.38. The van der Waals surface area contributed by atoms with Crippen LogP contribution in [0.4, 0.5) is 34.1 Å². The van der Waals surface area contributed by atoms with Crippen molar-refractivity contribution >= 4 is 87.4 Å². The van der Waals surface area contributed by atoms with E-state index in [4.69, 9.17) is 0 Å². The van der Waals surface area contributed by atoms with Gasteiger partial charge < -0.3 is 14.4 Å². The first-order valence-corrected chi connectivity index (χ1v) is 40.5. The van der Waals surface area contributed by atoms with E-state index in [1.54, 1.807) is 0 Å². The number of benzene rings is 15. The van der Waals surface area contributed by atoms with Crippen LogP contribution in [0.5, 0.6) is 0 Å². The minimum Gasteiger partial charge on any atom is -0.376 e. The molecule has 6 aliphatic heterocycles. The first-order chi connectivity index (χ1) is 57.8. The van der Waals surface area contributed by atoms with Crippen molar-refractivity contribution in [2.24, 2.45) is 0 Å². The number of nitrogens with zero attached hydrogens (tertiary/aromatic N) is 6. The molecule has 6 nitrogen and oxygen atoms in total. The summed E-state index contributed by atoms with van der Waals surface area (Å²) >= 11 is 0. The van der Waals surface area contributed by atoms with E-state index in [2.05, 4.69) is 413 Å². The van der Waals surface area contributed by atoms with Crippen molar-refractivity contribution in [2.75, 3.05) is 14.4 Å². The molecule has 0 aliphatic carbocycles. The Hall–Kier alpha value is -14.7. The van der Waals surface area contributed by atoms with Crippen molar-refractivity contribution in [3.05, 3.63) is 418 Å². The third-order valence-electron chi connectivity index (χ3n) is 24.7.